The molecule has 26 heavy (non-hydrogen) atoms. The number of hydrogen-bond acceptors (Lipinski definition) is 3. The van der Waals surface area contributed by atoms with Crippen molar-refractivity contribution in [2.75, 3.05) is 7.11 Å². The van der Waals surface area contributed by atoms with Crippen LogP contribution in [0.4, 0.5) is 0 Å². The maximum atomic E-state index is 6.11. The van der Waals surface area contributed by atoms with Crippen LogP contribution in [0, 0.1) is 0 Å². The summed E-state index contributed by atoms with van der Waals surface area (Å²) < 4.78 is 11.6. The maximum absolute atomic E-state index is 6.11. The number of ether oxygens (including phenoxy) is 2. The molecule has 0 aromatic heterocycles. The summed E-state index contributed by atoms with van der Waals surface area (Å²) in [5.41, 5.74) is 3.95. The molecule has 0 spiro atoms. The normalized spacial score (nSPS) is 12.7. The maximum Gasteiger partial charge on any atom is 0.166 e. The first-order valence-electron chi connectivity index (χ1n) is 9.47. The quantitative estimate of drug-likeness (QED) is 0.682. The van der Waals surface area contributed by atoms with Crippen LogP contribution in [0.2, 0.25) is 0 Å². The van der Waals surface area contributed by atoms with Crippen LogP contribution in [0.15, 0.2) is 42.5 Å². The smallest absolute Gasteiger partial charge is 0.166 e. The number of benzene rings is 2. The molecule has 2 rings (SSSR count). The molecule has 0 bridgehead atoms. The number of rotatable bonds is 8. The minimum absolute atomic E-state index is 0.162. The van der Waals surface area contributed by atoms with Crippen molar-refractivity contribution in [2.45, 2.75) is 65.6 Å². The number of para-hydroxylation sites is 1. The Morgan fingerprint density at radius 2 is 1.69 bits per heavy atom. The standard InChI is InChI=1S/C23H33NO2/c1-7-17(2)26-22-19(9-8-10-21(22)25-6)16-24-15-18-11-13-20(14-12-18)23(3,4)5/h8-14,17,24H,7,15-16H2,1-6H3. The molecule has 0 saturated heterocycles. The van der Waals surface area contributed by atoms with Crippen molar-refractivity contribution < 1.29 is 9.47 Å². The van der Waals surface area contributed by atoms with E-state index < -0.39 is 0 Å². The molecule has 1 unspecified atom stereocenters. The number of hydrogen-bond donors (Lipinski definition) is 1. The third kappa shape index (κ3) is 5.50. The van der Waals surface area contributed by atoms with Crippen molar-refractivity contribution in [3.63, 3.8) is 0 Å². The van der Waals surface area contributed by atoms with Gasteiger partial charge in [0, 0.05) is 18.7 Å². The van der Waals surface area contributed by atoms with Crippen LogP contribution in [0.3, 0.4) is 0 Å². The molecule has 0 aliphatic rings. The summed E-state index contributed by atoms with van der Waals surface area (Å²) in [4.78, 5) is 0. The van der Waals surface area contributed by atoms with E-state index in [0.29, 0.717) is 0 Å². The van der Waals surface area contributed by atoms with Crippen LogP contribution in [0.25, 0.3) is 0 Å². The van der Waals surface area contributed by atoms with Crippen molar-refractivity contribution >= 4 is 0 Å². The molecule has 142 valence electrons. The molecule has 0 fully saturated rings. The fraction of sp³-hybridized carbons (Fsp3) is 0.478. The van der Waals surface area contributed by atoms with Crippen molar-refractivity contribution in [1.29, 1.82) is 0 Å². The van der Waals surface area contributed by atoms with E-state index in [-0.39, 0.29) is 11.5 Å². The Labute approximate surface area is 158 Å². The van der Waals surface area contributed by atoms with E-state index in [2.05, 4.69) is 70.3 Å². The molecule has 0 amide bonds. The lowest BCUT2D eigenvalue weighted by Crippen LogP contribution is -2.17. The molecule has 3 heteroatoms. The monoisotopic (exact) mass is 355 g/mol. The van der Waals surface area contributed by atoms with Crippen LogP contribution < -0.4 is 14.8 Å². The Hall–Kier alpha value is -2.00. The van der Waals surface area contributed by atoms with Gasteiger partial charge >= 0.3 is 0 Å². The first-order chi connectivity index (χ1) is 12.3. The molecular formula is C23H33NO2. The SMILES string of the molecule is CCC(C)Oc1c(CNCc2ccc(C(C)(C)C)cc2)cccc1OC. The first-order valence-corrected chi connectivity index (χ1v) is 9.47. The van der Waals surface area contributed by atoms with E-state index in [0.717, 1.165) is 36.6 Å². The summed E-state index contributed by atoms with van der Waals surface area (Å²) in [5.74, 6) is 1.64. The Morgan fingerprint density at radius 1 is 1.00 bits per heavy atom. The van der Waals surface area contributed by atoms with Crippen molar-refractivity contribution in [2.24, 2.45) is 0 Å². The summed E-state index contributed by atoms with van der Waals surface area (Å²) in [6, 6.07) is 14.9. The second kappa shape index (κ2) is 9.09. The van der Waals surface area contributed by atoms with Gasteiger partial charge in [-0.05, 0) is 36.0 Å². The zero-order valence-electron chi connectivity index (χ0n) is 17.1. The third-order valence-corrected chi connectivity index (χ3v) is 4.64. The molecule has 2 aromatic carbocycles. The fourth-order valence-electron chi connectivity index (χ4n) is 2.74. The van der Waals surface area contributed by atoms with Gasteiger partial charge in [-0.25, -0.2) is 0 Å². The van der Waals surface area contributed by atoms with Gasteiger partial charge in [0.1, 0.15) is 0 Å². The zero-order chi connectivity index (χ0) is 19.2. The van der Waals surface area contributed by atoms with Gasteiger partial charge < -0.3 is 14.8 Å². The molecule has 1 atom stereocenters. The molecule has 0 aliphatic heterocycles. The minimum atomic E-state index is 0.162. The van der Waals surface area contributed by atoms with Gasteiger partial charge in [-0.3, -0.25) is 0 Å². The topological polar surface area (TPSA) is 30.5 Å². The lowest BCUT2D eigenvalue weighted by atomic mass is 9.87. The molecule has 3 nitrogen and oxygen atoms in total. The van der Waals surface area contributed by atoms with E-state index >= 15 is 0 Å². The van der Waals surface area contributed by atoms with Gasteiger partial charge in [0.2, 0.25) is 0 Å². The molecular weight excluding hydrogens is 322 g/mol. The average molecular weight is 356 g/mol. The van der Waals surface area contributed by atoms with Crippen LogP contribution in [0.5, 0.6) is 11.5 Å². The van der Waals surface area contributed by atoms with E-state index in [1.807, 2.05) is 12.1 Å². The lowest BCUT2D eigenvalue weighted by Gasteiger charge is -2.20. The van der Waals surface area contributed by atoms with Gasteiger partial charge in [-0.15, -0.1) is 0 Å². The predicted molar refractivity (Wildman–Crippen MR) is 109 cm³/mol. The summed E-state index contributed by atoms with van der Waals surface area (Å²) in [6.07, 6.45) is 1.13. The van der Waals surface area contributed by atoms with E-state index in [1.54, 1.807) is 7.11 Å². The van der Waals surface area contributed by atoms with E-state index in [9.17, 15) is 0 Å². The van der Waals surface area contributed by atoms with Crippen molar-refractivity contribution in [3.8, 4) is 11.5 Å². The van der Waals surface area contributed by atoms with Gasteiger partial charge in [-0.2, -0.15) is 0 Å². The van der Waals surface area contributed by atoms with E-state index in [4.69, 9.17) is 9.47 Å². The largest absolute Gasteiger partial charge is 0.493 e. The van der Waals surface area contributed by atoms with Gasteiger partial charge in [-0.1, -0.05) is 64.1 Å². The summed E-state index contributed by atoms with van der Waals surface area (Å²) in [5, 5.41) is 3.52. The fourth-order valence-corrected chi connectivity index (χ4v) is 2.74. The Bertz CT molecular complexity index is 686. The molecule has 0 saturated carbocycles. The molecule has 2 aromatic rings. The third-order valence-electron chi connectivity index (χ3n) is 4.64. The Morgan fingerprint density at radius 3 is 2.27 bits per heavy atom. The van der Waals surface area contributed by atoms with Crippen molar-refractivity contribution in [1.82, 2.24) is 5.32 Å². The molecule has 0 aliphatic carbocycles. The minimum Gasteiger partial charge on any atom is -0.493 e. The summed E-state index contributed by atoms with van der Waals surface area (Å²) in [7, 11) is 1.69. The predicted octanol–water partition coefficient (Wildman–Crippen LogP) is 5.46. The van der Waals surface area contributed by atoms with Crippen LogP contribution in [0.1, 0.15) is 57.7 Å². The van der Waals surface area contributed by atoms with Crippen LogP contribution in [-0.2, 0) is 18.5 Å². The zero-order valence-corrected chi connectivity index (χ0v) is 17.1. The first kappa shape index (κ1) is 20.3. The average Bonchev–Trinajstić information content (AvgIpc) is 2.62. The summed E-state index contributed by atoms with van der Waals surface area (Å²) >= 11 is 0. The van der Waals surface area contributed by atoms with Gasteiger partial charge in [0.25, 0.3) is 0 Å². The summed E-state index contributed by atoms with van der Waals surface area (Å²) in [6.45, 7) is 12.5. The van der Waals surface area contributed by atoms with Crippen molar-refractivity contribution in [3.05, 3.63) is 59.2 Å². The Balaban J connectivity index is 2.03. The highest BCUT2D eigenvalue weighted by Crippen LogP contribution is 2.32. The Kier molecular flexibility index (Phi) is 7.10. The van der Waals surface area contributed by atoms with Crippen LogP contribution >= 0.6 is 0 Å². The highest BCUT2D eigenvalue weighted by atomic mass is 16.5. The van der Waals surface area contributed by atoms with Gasteiger partial charge in [0.15, 0.2) is 11.5 Å². The molecule has 0 radical (unpaired) electrons. The highest BCUT2D eigenvalue weighted by Gasteiger charge is 2.14. The molecule has 0 heterocycles. The molecule has 1 N–H and O–H groups in total. The highest BCUT2D eigenvalue weighted by molar-refractivity contribution is 5.46. The van der Waals surface area contributed by atoms with Gasteiger partial charge in [0.05, 0.1) is 13.2 Å². The second-order valence-electron chi connectivity index (χ2n) is 7.84. The number of nitrogens with one attached hydrogen (secondary N) is 1. The lowest BCUT2D eigenvalue weighted by molar-refractivity contribution is 0.205. The van der Waals surface area contributed by atoms with E-state index in [1.165, 1.54) is 11.1 Å². The van der Waals surface area contributed by atoms with Crippen LogP contribution in [-0.4, -0.2) is 13.2 Å². The second-order valence-corrected chi connectivity index (χ2v) is 7.84. The number of methoxy groups -OCH3 is 1.